The fourth-order valence-corrected chi connectivity index (χ4v) is 4.54. The van der Waals surface area contributed by atoms with E-state index in [0.717, 1.165) is 24.3 Å². The molecule has 16 heteroatoms. The first kappa shape index (κ1) is 33.2. The van der Waals surface area contributed by atoms with Gasteiger partial charge in [-0.25, -0.2) is 0 Å². The van der Waals surface area contributed by atoms with E-state index in [2.05, 4.69) is 0 Å². The van der Waals surface area contributed by atoms with Crippen LogP contribution in [0.4, 0.5) is 0 Å². The number of aldehydes is 1. The second-order valence-electron chi connectivity index (χ2n) is 10.4. The number of allylic oxidation sites excluding steroid dienone is 1. The van der Waals surface area contributed by atoms with Gasteiger partial charge in [0.05, 0.1) is 12.7 Å². The van der Waals surface area contributed by atoms with E-state index in [0.29, 0.717) is 0 Å². The average Bonchev–Trinajstić information content (AvgIpc) is 2.99. The Kier molecular flexibility index (Phi) is 10.2. The monoisotopic (exact) mass is 626 g/mol. The summed E-state index contributed by atoms with van der Waals surface area (Å²) in [6, 6.07) is 5.45. The Hall–Kier alpha value is -3.71. The SMILES string of the molecule is Cc1c(O)cc(O)cc1O/C(=C(\C=O)OC1OC(COC2OC(C)C(O)C(O)C2O)C(O)C(O)C1O)c1ccc(O)c(O)c1. The molecule has 10 N–H and O–H groups in total. The van der Waals surface area contributed by atoms with E-state index in [1.165, 1.54) is 19.9 Å². The number of phenols is 4. The van der Waals surface area contributed by atoms with Crippen molar-refractivity contribution >= 4 is 12.0 Å². The van der Waals surface area contributed by atoms with Gasteiger partial charge in [-0.3, -0.25) is 4.79 Å². The van der Waals surface area contributed by atoms with Gasteiger partial charge in [-0.05, 0) is 32.0 Å². The summed E-state index contributed by atoms with van der Waals surface area (Å²) >= 11 is 0. The fourth-order valence-electron chi connectivity index (χ4n) is 4.54. The Morgan fingerprint density at radius 2 is 1.45 bits per heavy atom. The molecule has 2 aliphatic rings. The lowest BCUT2D eigenvalue weighted by atomic mass is 9.98. The van der Waals surface area contributed by atoms with E-state index in [-0.39, 0.29) is 28.9 Å². The van der Waals surface area contributed by atoms with E-state index in [4.69, 9.17) is 23.7 Å². The van der Waals surface area contributed by atoms with E-state index in [9.17, 15) is 55.9 Å². The van der Waals surface area contributed by atoms with E-state index >= 15 is 0 Å². The number of benzene rings is 2. The van der Waals surface area contributed by atoms with Gasteiger partial charge in [-0.1, -0.05) is 0 Å². The zero-order chi connectivity index (χ0) is 32.5. The molecule has 2 fully saturated rings. The Morgan fingerprint density at radius 1 is 0.795 bits per heavy atom. The molecule has 44 heavy (non-hydrogen) atoms. The number of ether oxygens (including phenoxy) is 5. The Balaban J connectivity index is 1.63. The molecular weight excluding hydrogens is 592 g/mol. The van der Waals surface area contributed by atoms with Crippen LogP contribution >= 0.6 is 0 Å². The molecule has 0 aliphatic carbocycles. The third-order valence-electron chi connectivity index (χ3n) is 7.24. The van der Waals surface area contributed by atoms with Crippen molar-refractivity contribution in [2.24, 2.45) is 0 Å². The lowest BCUT2D eigenvalue weighted by molar-refractivity contribution is -0.323. The van der Waals surface area contributed by atoms with Gasteiger partial charge in [0.25, 0.3) is 0 Å². The molecule has 0 bridgehead atoms. The lowest BCUT2D eigenvalue weighted by Gasteiger charge is -2.42. The normalized spacial score (nSPS) is 32.9. The van der Waals surface area contributed by atoms with Crippen molar-refractivity contribution in [3.05, 3.63) is 47.2 Å². The van der Waals surface area contributed by atoms with Crippen molar-refractivity contribution in [2.75, 3.05) is 6.61 Å². The van der Waals surface area contributed by atoms with Crippen LogP contribution in [0.25, 0.3) is 5.76 Å². The van der Waals surface area contributed by atoms with E-state index < -0.39 is 96.8 Å². The van der Waals surface area contributed by atoms with Gasteiger partial charge >= 0.3 is 0 Å². The largest absolute Gasteiger partial charge is 0.508 e. The third kappa shape index (κ3) is 6.83. The van der Waals surface area contributed by atoms with Crippen molar-refractivity contribution in [3.63, 3.8) is 0 Å². The Morgan fingerprint density at radius 3 is 2.11 bits per heavy atom. The Labute approximate surface area is 249 Å². The lowest BCUT2D eigenvalue weighted by Crippen LogP contribution is -2.61. The number of carbonyl (C=O) groups excluding carboxylic acids is 1. The van der Waals surface area contributed by atoms with Gasteiger partial charge in [0.1, 0.15) is 60.0 Å². The number of phenolic OH excluding ortho intramolecular Hbond substituents is 4. The van der Waals surface area contributed by atoms with Crippen LogP contribution in [0.2, 0.25) is 0 Å². The van der Waals surface area contributed by atoms with E-state index in [1.54, 1.807) is 0 Å². The number of aliphatic hydroxyl groups excluding tert-OH is 6. The molecule has 4 rings (SSSR count). The van der Waals surface area contributed by atoms with Crippen molar-refractivity contribution in [1.29, 1.82) is 0 Å². The molecule has 2 saturated heterocycles. The first-order valence-corrected chi connectivity index (χ1v) is 13.3. The van der Waals surface area contributed by atoms with Gasteiger partial charge in [-0.15, -0.1) is 0 Å². The minimum absolute atomic E-state index is 0.0614. The highest BCUT2D eigenvalue weighted by Gasteiger charge is 2.47. The maximum absolute atomic E-state index is 12.3. The number of rotatable bonds is 9. The summed E-state index contributed by atoms with van der Waals surface area (Å²) in [5, 5.41) is 102. The van der Waals surface area contributed by atoms with Crippen LogP contribution in [-0.2, 0) is 23.7 Å². The molecule has 2 aromatic rings. The summed E-state index contributed by atoms with van der Waals surface area (Å²) in [7, 11) is 0. The zero-order valence-electron chi connectivity index (χ0n) is 23.4. The maximum Gasteiger partial charge on any atom is 0.229 e. The smallest absolute Gasteiger partial charge is 0.229 e. The molecule has 0 aromatic heterocycles. The van der Waals surface area contributed by atoms with E-state index in [1.807, 2.05) is 0 Å². The summed E-state index contributed by atoms with van der Waals surface area (Å²) in [5.41, 5.74) is 0.0611. The van der Waals surface area contributed by atoms with Gasteiger partial charge in [0.2, 0.25) is 12.0 Å². The van der Waals surface area contributed by atoms with Crippen LogP contribution < -0.4 is 4.74 Å². The molecule has 2 heterocycles. The fraction of sp³-hybridized carbons (Fsp3) is 0.464. The number of aromatic hydroxyl groups is 4. The third-order valence-corrected chi connectivity index (χ3v) is 7.24. The minimum atomic E-state index is -1.95. The molecule has 0 saturated carbocycles. The second kappa shape index (κ2) is 13.5. The molecule has 0 spiro atoms. The van der Waals surface area contributed by atoms with Crippen molar-refractivity contribution in [1.82, 2.24) is 0 Å². The summed E-state index contributed by atoms with van der Waals surface area (Å²) in [6.45, 7) is 2.26. The van der Waals surface area contributed by atoms with Crippen molar-refractivity contribution in [3.8, 4) is 28.7 Å². The zero-order valence-corrected chi connectivity index (χ0v) is 23.4. The number of carbonyl (C=O) groups is 1. The van der Waals surface area contributed by atoms with Crippen LogP contribution in [0.5, 0.6) is 28.7 Å². The van der Waals surface area contributed by atoms with Crippen LogP contribution in [0.1, 0.15) is 18.1 Å². The summed E-state index contributed by atoms with van der Waals surface area (Å²) in [6.07, 6.45) is -15.9. The molecule has 10 atom stereocenters. The number of hydrogen-bond donors (Lipinski definition) is 10. The van der Waals surface area contributed by atoms with Gasteiger partial charge in [-0.2, -0.15) is 0 Å². The summed E-state index contributed by atoms with van der Waals surface area (Å²) < 4.78 is 27.7. The van der Waals surface area contributed by atoms with Crippen LogP contribution in [-0.4, -0.2) is 125 Å². The average molecular weight is 627 g/mol. The molecule has 2 aliphatic heterocycles. The van der Waals surface area contributed by atoms with Gasteiger partial charge < -0.3 is 74.7 Å². The predicted octanol–water partition coefficient (Wildman–Crippen LogP) is -1.57. The van der Waals surface area contributed by atoms with Gasteiger partial charge in [0, 0.05) is 23.3 Å². The predicted molar refractivity (Wildman–Crippen MR) is 144 cm³/mol. The minimum Gasteiger partial charge on any atom is -0.508 e. The quantitative estimate of drug-likeness (QED) is 0.0652. The summed E-state index contributed by atoms with van der Waals surface area (Å²) in [5.74, 6) is -3.20. The number of hydrogen-bond acceptors (Lipinski definition) is 16. The molecule has 2 aromatic carbocycles. The molecular formula is C28H34O16. The standard InChI is InChI=1S/C28H34O16/c1-10-15(32)6-13(30)7-17(10)42-26(12-3-4-14(31)16(33)5-12)18(8-29)43-28-25(39)23(37)21(35)19(44-28)9-40-27-24(38)22(36)20(34)11(2)41-27/h3-8,11,19-25,27-28,30-39H,9H2,1-2H3/b26-18+. The van der Waals surface area contributed by atoms with Gasteiger partial charge in [0.15, 0.2) is 29.8 Å². The Bertz CT molecular complexity index is 1360. The van der Waals surface area contributed by atoms with Crippen molar-refractivity contribution < 1.29 is 79.5 Å². The molecule has 0 amide bonds. The highest BCUT2D eigenvalue weighted by Crippen LogP contribution is 2.37. The first-order chi connectivity index (χ1) is 20.7. The highest BCUT2D eigenvalue weighted by atomic mass is 16.7. The molecule has 0 radical (unpaired) electrons. The highest BCUT2D eigenvalue weighted by molar-refractivity contribution is 5.84. The molecule has 16 nitrogen and oxygen atoms in total. The van der Waals surface area contributed by atoms with Crippen molar-refractivity contribution in [2.45, 2.75) is 75.3 Å². The first-order valence-electron chi connectivity index (χ1n) is 13.3. The second-order valence-corrected chi connectivity index (χ2v) is 10.4. The molecule has 10 unspecified atom stereocenters. The number of aliphatic hydroxyl groups is 6. The molecule has 242 valence electrons. The maximum atomic E-state index is 12.3. The van der Waals surface area contributed by atoms with Crippen LogP contribution in [0.15, 0.2) is 36.1 Å². The van der Waals surface area contributed by atoms with Crippen LogP contribution in [0, 0.1) is 6.92 Å². The summed E-state index contributed by atoms with van der Waals surface area (Å²) in [4.78, 5) is 12.3. The van der Waals surface area contributed by atoms with Crippen LogP contribution in [0.3, 0.4) is 0 Å². The topological polar surface area (TPSA) is 266 Å².